The standard InChI is InChI=1S/C6H16O3Si3/c1-10-7-11(2)9-12(8-10)5-3-4-6-12/h10-11H,3-6H2,1-2H3. The molecule has 0 N–H and O–H groups in total. The number of hydrogen-bond acceptors (Lipinski definition) is 3. The Balaban J connectivity index is 2.04. The minimum Gasteiger partial charge on any atom is -0.420 e. The molecule has 2 heterocycles. The molecule has 0 aliphatic carbocycles. The van der Waals surface area contributed by atoms with E-state index in [2.05, 4.69) is 13.1 Å². The largest absolute Gasteiger partial charge is 0.420 e. The third-order valence-corrected chi connectivity index (χ3v) is 13.9. The van der Waals surface area contributed by atoms with Gasteiger partial charge in [-0.15, -0.1) is 0 Å². The van der Waals surface area contributed by atoms with E-state index in [1.54, 1.807) is 0 Å². The fourth-order valence-corrected chi connectivity index (χ4v) is 15.0. The molecule has 2 aliphatic rings. The highest BCUT2D eigenvalue weighted by molar-refractivity contribution is 6.83. The van der Waals surface area contributed by atoms with E-state index in [1.165, 1.54) is 24.9 Å². The first kappa shape index (κ1) is 9.10. The van der Waals surface area contributed by atoms with Crippen molar-refractivity contribution in [1.82, 2.24) is 0 Å². The Hall–Kier alpha value is 0.531. The Morgan fingerprint density at radius 3 is 2.00 bits per heavy atom. The Labute approximate surface area is 78.0 Å². The predicted molar refractivity (Wildman–Crippen MR) is 53.9 cm³/mol. The van der Waals surface area contributed by atoms with Crippen LogP contribution in [-0.2, 0) is 12.3 Å². The first-order valence-corrected chi connectivity index (χ1v) is 11.1. The average molecular weight is 220 g/mol. The van der Waals surface area contributed by atoms with Crippen LogP contribution in [0.25, 0.3) is 0 Å². The van der Waals surface area contributed by atoms with Crippen LogP contribution in [0.3, 0.4) is 0 Å². The van der Waals surface area contributed by atoms with E-state index in [0.717, 1.165) is 0 Å². The summed E-state index contributed by atoms with van der Waals surface area (Å²) in [6, 6.07) is 2.45. The first-order chi connectivity index (χ1) is 5.70. The molecule has 0 aromatic rings. The van der Waals surface area contributed by atoms with Gasteiger partial charge in [0.2, 0.25) is 0 Å². The molecular weight excluding hydrogens is 204 g/mol. The topological polar surface area (TPSA) is 27.7 Å². The third kappa shape index (κ3) is 1.73. The van der Waals surface area contributed by atoms with Gasteiger partial charge in [0.05, 0.1) is 0 Å². The smallest absolute Gasteiger partial charge is 0.320 e. The maximum absolute atomic E-state index is 5.97. The van der Waals surface area contributed by atoms with Crippen LogP contribution in [0.4, 0.5) is 0 Å². The van der Waals surface area contributed by atoms with Gasteiger partial charge in [0, 0.05) is 0 Å². The summed E-state index contributed by atoms with van der Waals surface area (Å²) in [6.45, 7) is 4.28. The van der Waals surface area contributed by atoms with Gasteiger partial charge in [0.25, 0.3) is 18.6 Å². The minimum atomic E-state index is -1.65. The average Bonchev–Trinajstić information content (AvgIpc) is 2.33. The van der Waals surface area contributed by atoms with E-state index < -0.39 is 27.1 Å². The van der Waals surface area contributed by atoms with Gasteiger partial charge in [-0.3, -0.25) is 0 Å². The van der Waals surface area contributed by atoms with Crippen LogP contribution in [0.1, 0.15) is 12.8 Å². The van der Waals surface area contributed by atoms with E-state index in [-0.39, 0.29) is 0 Å². The molecule has 2 atom stereocenters. The predicted octanol–water partition coefficient (Wildman–Crippen LogP) is 0.986. The highest BCUT2D eigenvalue weighted by atomic mass is 28.5. The summed E-state index contributed by atoms with van der Waals surface area (Å²) in [5.74, 6) is 0. The van der Waals surface area contributed by atoms with Crippen molar-refractivity contribution in [2.45, 2.75) is 38.0 Å². The van der Waals surface area contributed by atoms with Gasteiger partial charge in [0.15, 0.2) is 0 Å². The van der Waals surface area contributed by atoms with Crippen molar-refractivity contribution in [3.05, 3.63) is 0 Å². The molecule has 2 saturated heterocycles. The maximum Gasteiger partial charge on any atom is 0.320 e. The van der Waals surface area contributed by atoms with E-state index in [0.29, 0.717) is 0 Å². The fraction of sp³-hybridized carbons (Fsp3) is 1.00. The fourth-order valence-electron chi connectivity index (χ4n) is 2.11. The van der Waals surface area contributed by atoms with Gasteiger partial charge < -0.3 is 12.3 Å². The Bertz CT molecular complexity index is 159. The second kappa shape index (κ2) is 3.35. The molecule has 1 spiro atoms. The lowest BCUT2D eigenvalue weighted by molar-refractivity contribution is 0.268. The van der Waals surface area contributed by atoms with Crippen LogP contribution in [0.15, 0.2) is 0 Å². The molecule has 2 fully saturated rings. The molecule has 12 heavy (non-hydrogen) atoms. The van der Waals surface area contributed by atoms with Gasteiger partial charge >= 0.3 is 8.56 Å². The molecular formula is C6H16O3Si3. The van der Waals surface area contributed by atoms with Crippen molar-refractivity contribution in [2.75, 3.05) is 0 Å². The molecule has 70 valence electrons. The van der Waals surface area contributed by atoms with Gasteiger partial charge in [-0.25, -0.2) is 0 Å². The molecule has 2 unspecified atom stereocenters. The summed E-state index contributed by atoms with van der Waals surface area (Å²) in [5, 5.41) is 0. The summed E-state index contributed by atoms with van der Waals surface area (Å²) in [5.41, 5.74) is 0. The van der Waals surface area contributed by atoms with Crippen LogP contribution < -0.4 is 0 Å². The van der Waals surface area contributed by atoms with Gasteiger partial charge in [0.1, 0.15) is 0 Å². The zero-order chi connectivity index (χ0) is 8.60. The second-order valence-electron chi connectivity index (χ2n) is 3.62. The lowest BCUT2D eigenvalue weighted by Crippen LogP contribution is -2.54. The second-order valence-corrected chi connectivity index (χ2v) is 11.7. The normalized spacial score (nSPS) is 40.5. The van der Waals surface area contributed by atoms with Crippen LogP contribution in [0.2, 0.25) is 25.2 Å². The summed E-state index contributed by atoms with van der Waals surface area (Å²) >= 11 is 0. The molecule has 2 rings (SSSR count). The Kier molecular flexibility index (Phi) is 2.54. The molecule has 6 heteroatoms. The van der Waals surface area contributed by atoms with Gasteiger partial charge in [-0.2, -0.15) is 0 Å². The Morgan fingerprint density at radius 1 is 1.00 bits per heavy atom. The Morgan fingerprint density at radius 2 is 1.50 bits per heavy atom. The van der Waals surface area contributed by atoms with Crippen LogP contribution in [0.5, 0.6) is 0 Å². The van der Waals surface area contributed by atoms with Crippen molar-refractivity contribution in [3.63, 3.8) is 0 Å². The molecule has 0 amide bonds. The summed E-state index contributed by atoms with van der Waals surface area (Å²) < 4.78 is 17.6. The third-order valence-electron chi connectivity index (χ3n) is 2.51. The number of hydrogen-bond donors (Lipinski definition) is 0. The minimum absolute atomic E-state index is 1.23. The number of rotatable bonds is 0. The maximum atomic E-state index is 5.97. The van der Waals surface area contributed by atoms with Crippen molar-refractivity contribution in [1.29, 1.82) is 0 Å². The molecule has 0 aromatic heterocycles. The summed E-state index contributed by atoms with van der Waals surface area (Å²) in [7, 11) is -4.20. The van der Waals surface area contributed by atoms with Gasteiger partial charge in [-0.1, -0.05) is 12.8 Å². The SMILES string of the molecule is C[SiH]1O[SiH](C)O[Si]2(CCCC2)O1. The zero-order valence-corrected chi connectivity index (χ0v) is 11.0. The monoisotopic (exact) mass is 220 g/mol. The van der Waals surface area contributed by atoms with Crippen molar-refractivity contribution in [2.24, 2.45) is 0 Å². The van der Waals surface area contributed by atoms with E-state index in [9.17, 15) is 0 Å². The van der Waals surface area contributed by atoms with Crippen LogP contribution >= 0.6 is 0 Å². The quantitative estimate of drug-likeness (QED) is 0.570. The van der Waals surface area contributed by atoms with Crippen LogP contribution in [-0.4, -0.2) is 27.1 Å². The molecule has 0 bridgehead atoms. The van der Waals surface area contributed by atoms with Crippen molar-refractivity contribution >= 4 is 27.1 Å². The zero-order valence-electron chi connectivity index (χ0n) is 7.71. The lowest BCUT2D eigenvalue weighted by Gasteiger charge is -2.38. The molecule has 0 radical (unpaired) electrons. The summed E-state index contributed by atoms with van der Waals surface area (Å²) in [4.78, 5) is 0. The van der Waals surface area contributed by atoms with Crippen LogP contribution in [0, 0.1) is 0 Å². The van der Waals surface area contributed by atoms with E-state index in [1.807, 2.05) is 0 Å². The molecule has 0 saturated carbocycles. The highest BCUT2D eigenvalue weighted by Gasteiger charge is 2.47. The molecule has 2 aliphatic heterocycles. The van der Waals surface area contributed by atoms with E-state index >= 15 is 0 Å². The first-order valence-electron chi connectivity index (χ1n) is 4.71. The highest BCUT2D eigenvalue weighted by Crippen LogP contribution is 2.35. The van der Waals surface area contributed by atoms with Crippen molar-refractivity contribution in [3.8, 4) is 0 Å². The molecule has 3 nitrogen and oxygen atoms in total. The lowest BCUT2D eigenvalue weighted by atomic mass is 10.4. The molecule has 0 aromatic carbocycles. The van der Waals surface area contributed by atoms with Gasteiger partial charge in [-0.05, 0) is 25.2 Å². The van der Waals surface area contributed by atoms with Crippen molar-refractivity contribution < 1.29 is 12.3 Å². The van der Waals surface area contributed by atoms with E-state index in [4.69, 9.17) is 12.3 Å². The summed E-state index contributed by atoms with van der Waals surface area (Å²) in [6.07, 6.45) is 2.63.